The van der Waals surface area contributed by atoms with Gasteiger partial charge in [0.1, 0.15) is 0 Å². The smallest absolute Gasteiger partial charge is 0.333 e. The summed E-state index contributed by atoms with van der Waals surface area (Å²) in [4.78, 5) is 28.3. The highest BCUT2D eigenvalue weighted by molar-refractivity contribution is 5.81. The average molecular weight is 309 g/mol. The molecule has 2 aromatic carbocycles. The number of aromatic amines is 1. The molecule has 0 spiro atoms. The van der Waals surface area contributed by atoms with E-state index in [0.29, 0.717) is 22.3 Å². The number of hydrogen-bond acceptors (Lipinski definition) is 3. The number of hydrogen-bond donors (Lipinski definition) is 2. The monoisotopic (exact) mass is 309 g/mol. The lowest BCUT2D eigenvalue weighted by molar-refractivity contribution is 0.864. The highest BCUT2D eigenvalue weighted by atomic mass is 16.2. The van der Waals surface area contributed by atoms with Gasteiger partial charge in [0.25, 0.3) is 5.56 Å². The number of rotatable bonds is 3. The van der Waals surface area contributed by atoms with Gasteiger partial charge in [0.05, 0.1) is 16.6 Å². The molecule has 0 bridgehead atoms. The van der Waals surface area contributed by atoms with Crippen LogP contribution in [0.3, 0.4) is 0 Å². The zero-order valence-electron chi connectivity index (χ0n) is 13.2. The lowest BCUT2D eigenvalue weighted by atomic mass is 10.0. The van der Waals surface area contributed by atoms with Crippen LogP contribution in [0.5, 0.6) is 0 Å². The van der Waals surface area contributed by atoms with Crippen LogP contribution >= 0.6 is 0 Å². The average Bonchev–Trinajstić information content (AvgIpc) is 2.55. The van der Waals surface area contributed by atoms with Gasteiger partial charge in [0.2, 0.25) is 0 Å². The first-order valence-corrected chi connectivity index (χ1v) is 7.72. The quantitative estimate of drug-likeness (QED) is 0.729. The van der Waals surface area contributed by atoms with Gasteiger partial charge in [-0.1, -0.05) is 32.0 Å². The summed E-state index contributed by atoms with van der Waals surface area (Å²) in [7, 11) is 0. The number of nitrogens with one attached hydrogen (secondary N) is 1. The summed E-state index contributed by atoms with van der Waals surface area (Å²) in [6, 6.07) is 10.8. The van der Waals surface area contributed by atoms with Crippen molar-refractivity contribution in [3.63, 3.8) is 0 Å². The van der Waals surface area contributed by atoms with Crippen molar-refractivity contribution in [2.45, 2.75) is 26.7 Å². The molecule has 118 valence electrons. The number of H-pyrrole nitrogens is 1. The minimum absolute atomic E-state index is 0.341. The van der Waals surface area contributed by atoms with E-state index in [1.807, 2.05) is 32.0 Å². The fraction of sp³-hybridized carbons (Fsp3) is 0.222. The van der Waals surface area contributed by atoms with E-state index >= 15 is 0 Å². The summed E-state index contributed by atoms with van der Waals surface area (Å²) >= 11 is 0. The molecule has 3 aromatic rings. The lowest BCUT2D eigenvalue weighted by Crippen LogP contribution is -2.35. The number of anilines is 1. The number of aryl methyl sites for hydroxylation is 2. The summed E-state index contributed by atoms with van der Waals surface area (Å²) < 4.78 is 1.24. The van der Waals surface area contributed by atoms with Crippen LogP contribution in [-0.4, -0.2) is 9.55 Å². The fourth-order valence-corrected chi connectivity index (χ4v) is 2.94. The van der Waals surface area contributed by atoms with Crippen molar-refractivity contribution in [1.82, 2.24) is 9.55 Å². The lowest BCUT2D eigenvalue weighted by Gasteiger charge is -2.15. The number of nitrogens with two attached hydrogens (primary N) is 1. The zero-order chi connectivity index (χ0) is 16.6. The van der Waals surface area contributed by atoms with Crippen molar-refractivity contribution in [3.8, 4) is 5.69 Å². The maximum Gasteiger partial charge on any atom is 0.333 e. The molecule has 3 N–H and O–H groups in total. The number of nitrogens with zero attached hydrogens (tertiary/aromatic N) is 1. The Kier molecular flexibility index (Phi) is 3.78. The van der Waals surface area contributed by atoms with Crippen LogP contribution in [-0.2, 0) is 12.8 Å². The van der Waals surface area contributed by atoms with Gasteiger partial charge in [-0.15, -0.1) is 0 Å². The third-order valence-corrected chi connectivity index (χ3v) is 4.11. The maximum absolute atomic E-state index is 12.9. The van der Waals surface area contributed by atoms with E-state index in [9.17, 15) is 9.59 Å². The second-order valence-corrected chi connectivity index (χ2v) is 5.51. The molecule has 0 amide bonds. The molecular formula is C18H19N3O2. The SMILES string of the molecule is CCc1cccc(CC)c1-n1c(=O)[nH]c2ccc(N)cc2c1=O. The predicted molar refractivity (Wildman–Crippen MR) is 93.3 cm³/mol. The van der Waals surface area contributed by atoms with Crippen LogP contribution in [0.25, 0.3) is 16.6 Å². The first-order chi connectivity index (χ1) is 11.1. The van der Waals surface area contributed by atoms with Crippen LogP contribution in [0.15, 0.2) is 46.0 Å². The first-order valence-electron chi connectivity index (χ1n) is 7.72. The van der Waals surface area contributed by atoms with E-state index < -0.39 is 5.69 Å². The van der Waals surface area contributed by atoms with Crippen molar-refractivity contribution in [1.29, 1.82) is 0 Å². The van der Waals surface area contributed by atoms with Crippen molar-refractivity contribution in [2.24, 2.45) is 0 Å². The Hall–Kier alpha value is -2.82. The first kappa shape index (κ1) is 15.1. The van der Waals surface area contributed by atoms with Crippen LogP contribution in [0.4, 0.5) is 5.69 Å². The Balaban J connectivity index is 2.47. The fourth-order valence-electron chi connectivity index (χ4n) is 2.94. The number of benzene rings is 2. The third-order valence-electron chi connectivity index (χ3n) is 4.11. The molecule has 0 fully saturated rings. The molecule has 0 radical (unpaired) electrons. The van der Waals surface area contributed by atoms with E-state index in [1.54, 1.807) is 18.2 Å². The Morgan fingerprint density at radius 2 is 1.70 bits per heavy atom. The predicted octanol–water partition coefficient (Wildman–Crippen LogP) is 2.39. The van der Waals surface area contributed by atoms with E-state index in [2.05, 4.69) is 4.98 Å². The summed E-state index contributed by atoms with van der Waals surface area (Å²) in [6.45, 7) is 4.02. The summed E-state index contributed by atoms with van der Waals surface area (Å²) in [5.41, 5.74) is 8.65. The normalized spacial score (nSPS) is 11.0. The molecule has 1 aromatic heterocycles. The standard InChI is InChI=1S/C18H19N3O2/c1-3-11-6-5-7-12(4-2)16(11)21-17(22)14-10-13(19)8-9-15(14)20-18(21)23/h5-10H,3-4,19H2,1-2H3,(H,20,23). The van der Waals surface area contributed by atoms with Gasteiger partial charge in [-0.25, -0.2) is 9.36 Å². The largest absolute Gasteiger partial charge is 0.399 e. The highest BCUT2D eigenvalue weighted by Crippen LogP contribution is 2.20. The third kappa shape index (κ3) is 2.44. The van der Waals surface area contributed by atoms with Gasteiger partial charge >= 0.3 is 5.69 Å². The molecule has 0 atom stereocenters. The van der Waals surface area contributed by atoms with Gasteiger partial charge in [-0.2, -0.15) is 0 Å². The molecule has 5 heteroatoms. The molecule has 0 aliphatic rings. The molecule has 0 aliphatic heterocycles. The number of aromatic nitrogens is 2. The molecule has 0 saturated heterocycles. The van der Waals surface area contributed by atoms with E-state index in [0.717, 1.165) is 24.0 Å². The Labute approximate surface area is 133 Å². The van der Waals surface area contributed by atoms with Crippen molar-refractivity contribution >= 4 is 16.6 Å². The van der Waals surface area contributed by atoms with Gasteiger partial charge in [-0.05, 0) is 42.2 Å². The molecular weight excluding hydrogens is 290 g/mol. The maximum atomic E-state index is 12.9. The summed E-state index contributed by atoms with van der Waals surface area (Å²) in [6.07, 6.45) is 1.48. The van der Waals surface area contributed by atoms with Gasteiger partial charge in [-0.3, -0.25) is 4.79 Å². The van der Waals surface area contributed by atoms with Crippen molar-refractivity contribution in [3.05, 3.63) is 68.4 Å². The van der Waals surface area contributed by atoms with Gasteiger partial charge in [0.15, 0.2) is 0 Å². The number of nitrogen functional groups attached to an aromatic ring is 1. The second kappa shape index (κ2) is 5.76. The van der Waals surface area contributed by atoms with E-state index in [-0.39, 0.29) is 5.56 Å². The number of para-hydroxylation sites is 1. The topological polar surface area (TPSA) is 80.9 Å². The molecule has 0 aliphatic carbocycles. The molecule has 5 nitrogen and oxygen atoms in total. The highest BCUT2D eigenvalue weighted by Gasteiger charge is 2.15. The minimum atomic E-state index is -0.428. The zero-order valence-corrected chi connectivity index (χ0v) is 13.2. The van der Waals surface area contributed by atoms with Crippen LogP contribution in [0.1, 0.15) is 25.0 Å². The Morgan fingerprint density at radius 1 is 1.04 bits per heavy atom. The number of fused-ring (bicyclic) bond motifs is 1. The molecule has 3 rings (SSSR count). The van der Waals surface area contributed by atoms with E-state index in [4.69, 9.17) is 5.73 Å². The van der Waals surface area contributed by atoms with Crippen LogP contribution in [0.2, 0.25) is 0 Å². The Bertz CT molecular complexity index is 977. The van der Waals surface area contributed by atoms with Crippen LogP contribution < -0.4 is 17.0 Å². The van der Waals surface area contributed by atoms with Gasteiger partial charge < -0.3 is 10.7 Å². The minimum Gasteiger partial charge on any atom is -0.399 e. The Morgan fingerprint density at radius 3 is 2.30 bits per heavy atom. The van der Waals surface area contributed by atoms with Crippen molar-refractivity contribution < 1.29 is 0 Å². The van der Waals surface area contributed by atoms with Crippen molar-refractivity contribution in [2.75, 3.05) is 5.73 Å². The van der Waals surface area contributed by atoms with E-state index in [1.165, 1.54) is 4.57 Å². The molecule has 23 heavy (non-hydrogen) atoms. The van der Waals surface area contributed by atoms with Gasteiger partial charge in [0, 0.05) is 5.69 Å². The second-order valence-electron chi connectivity index (χ2n) is 5.51. The molecule has 0 saturated carbocycles. The summed E-state index contributed by atoms with van der Waals surface area (Å²) in [5.74, 6) is 0. The molecule has 1 heterocycles. The summed E-state index contributed by atoms with van der Waals surface area (Å²) in [5, 5.41) is 0.414. The van der Waals surface area contributed by atoms with Crippen LogP contribution in [0, 0.1) is 0 Å². The molecule has 0 unspecified atom stereocenters.